The van der Waals surface area contributed by atoms with Crippen LogP contribution in [-0.4, -0.2) is 42.0 Å². The van der Waals surface area contributed by atoms with Crippen LogP contribution in [-0.2, 0) is 11.2 Å². The van der Waals surface area contributed by atoms with E-state index in [-0.39, 0.29) is 11.9 Å². The quantitative estimate of drug-likeness (QED) is 0.665. The molecular formula is C23H30Cl2N4O. The molecule has 2 aromatic rings. The molecule has 1 saturated heterocycles. The molecule has 2 N–H and O–H groups in total. The molecule has 1 amide bonds. The zero-order valence-corrected chi connectivity index (χ0v) is 19.2. The molecule has 0 bridgehead atoms. The summed E-state index contributed by atoms with van der Waals surface area (Å²) >= 11 is 12.2. The summed E-state index contributed by atoms with van der Waals surface area (Å²) in [5.74, 6) is 1.63. The van der Waals surface area contributed by atoms with Gasteiger partial charge in [-0.3, -0.25) is 4.79 Å². The van der Waals surface area contributed by atoms with Gasteiger partial charge in [-0.25, -0.2) is 4.98 Å². The van der Waals surface area contributed by atoms with Crippen LogP contribution in [0.15, 0.2) is 36.5 Å². The Morgan fingerprint density at radius 2 is 1.90 bits per heavy atom. The Kier molecular flexibility index (Phi) is 7.98. The van der Waals surface area contributed by atoms with Crippen molar-refractivity contribution in [3.05, 3.63) is 57.7 Å². The predicted molar refractivity (Wildman–Crippen MR) is 124 cm³/mol. The van der Waals surface area contributed by atoms with Crippen LogP contribution in [0.3, 0.4) is 0 Å². The summed E-state index contributed by atoms with van der Waals surface area (Å²) in [6, 6.07) is 9.40. The minimum absolute atomic E-state index is 0.0301. The van der Waals surface area contributed by atoms with Crippen molar-refractivity contribution in [1.82, 2.24) is 9.88 Å². The van der Waals surface area contributed by atoms with Crippen molar-refractivity contribution in [2.45, 2.75) is 39.2 Å². The molecule has 30 heavy (non-hydrogen) atoms. The molecule has 162 valence electrons. The monoisotopic (exact) mass is 448 g/mol. The third-order valence-corrected chi connectivity index (χ3v) is 6.08. The largest absolute Gasteiger partial charge is 0.353 e. The summed E-state index contributed by atoms with van der Waals surface area (Å²) in [5, 5.41) is 1.22. The highest BCUT2D eigenvalue weighted by Gasteiger charge is 2.24. The number of carbonyl (C=O) groups is 1. The summed E-state index contributed by atoms with van der Waals surface area (Å²) in [6.07, 6.45) is 3.79. The van der Waals surface area contributed by atoms with Crippen LogP contribution in [0.5, 0.6) is 0 Å². The van der Waals surface area contributed by atoms with Gasteiger partial charge in [0.2, 0.25) is 5.91 Å². The van der Waals surface area contributed by atoms with E-state index in [1.165, 1.54) is 0 Å². The van der Waals surface area contributed by atoms with E-state index in [2.05, 4.69) is 29.8 Å². The van der Waals surface area contributed by atoms with Gasteiger partial charge in [0.1, 0.15) is 5.82 Å². The van der Waals surface area contributed by atoms with E-state index in [0.29, 0.717) is 41.9 Å². The molecule has 0 aliphatic carbocycles. The van der Waals surface area contributed by atoms with Gasteiger partial charge in [0.25, 0.3) is 0 Å². The lowest BCUT2D eigenvalue weighted by Crippen LogP contribution is -2.49. The van der Waals surface area contributed by atoms with Crippen LogP contribution < -0.4 is 10.6 Å². The molecule has 5 nitrogen and oxygen atoms in total. The van der Waals surface area contributed by atoms with Crippen LogP contribution in [0.2, 0.25) is 10.0 Å². The van der Waals surface area contributed by atoms with Crippen molar-refractivity contribution in [2.24, 2.45) is 11.7 Å². The zero-order chi connectivity index (χ0) is 21.7. The highest BCUT2D eigenvalue weighted by molar-refractivity contribution is 6.35. The number of carbonyl (C=O) groups excluding carboxylic acids is 1. The minimum Gasteiger partial charge on any atom is -0.353 e. The molecule has 2 heterocycles. The second-order valence-corrected chi connectivity index (χ2v) is 9.10. The number of hydrogen-bond donors (Lipinski definition) is 1. The van der Waals surface area contributed by atoms with Crippen LogP contribution in [0.1, 0.15) is 43.9 Å². The fourth-order valence-electron chi connectivity index (χ4n) is 3.89. The van der Waals surface area contributed by atoms with Crippen LogP contribution in [0.4, 0.5) is 5.82 Å². The van der Waals surface area contributed by atoms with Crippen molar-refractivity contribution in [3.8, 4) is 0 Å². The number of piperazine rings is 1. The standard InChI is InChI=1S/C23H30Cl2N4O/c1-16(2)14-21(26)19-4-3-9-27-23(19)29-12-10-28(11-13-29)22(30)8-6-17-5-7-18(24)15-20(17)25/h3-5,7,9,15-16,21H,6,8,10-14,26H2,1-2H3/t21-/m1/s1. The number of nitrogens with zero attached hydrogens (tertiary/aromatic N) is 3. The van der Waals surface area contributed by atoms with Crippen molar-refractivity contribution in [2.75, 3.05) is 31.1 Å². The van der Waals surface area contributed by atoms with E-state index >= 15 is 0 Å². The summed E-state index contributed by atoms with van der Waals surface area (Å²) in [7, 11) is 0. The van der Waals surface area contributed by atoms with Crippen LogP contribution in [0.25, 0.3) is 0 Å². The van der Waals surface area contributed by atoms with Crippen molar-refractivity contribution in [1.29, 1.82) is 0 Å². The number of nitrogens with two attached hydrogens (primary N) is 1. The molecule has 3 rings (SSSR count). The van der Waals surface area contributed by atoms with Gasteiger partial charge in [0, 0.05) is 60.4 Å². The number of hydrogen-bond acceptors (Lipinski definition) is 4. The first kappa shape index (κ1) is 22.9. The number of pyridine rings is 1. The van der Waals surface area contributed by atoms with Gasteiger partial charge in [-0.05, 0) is 42.5 Å². The molecule has 1 aliphatic heterocycles. The smallest absolute Gasteiger partial charge is 0.223 e. The normalized spacial score (nSPS) is 15.5. The molecule has 7 heteroatoms. The first-order valence-corrected chi connectivity index (χ1v) is 11.3. The van der Waals surface area contributed by atoms with E-state index < -0.39 is 0 Å². The minimum atomic E-state index is -0.0301. The zero-order valence-electron chi connectivity index (χ0n) is 17.7. The Balaban J connectivity index is 1.56. The van der Waals surface area contributed by atoms with Gasteiger partial charge in [-0.1, -0.05) is 49.2 Å². The maximum atomic E-state index is 12.7. The fourth-order valence-corrected chi connectivity index (χ4v) is 4.39. The molecule has 0 saturated carbocycles. The van der Waals surface area contributed by atoms with Gasteiger partial charge < -0.3 is 15.5 Å². The average molecular weight is 449 g/mol. The third kappa shape index (κ3) is 5.87. The molecule has 0 radical (unpaired) electrons. The lowest BCUT2D eigenvalue weighted by atomic mass is 9.98. The maximum Gasteiger partial charge on any atom is 0.223 e. The first-order chi connectivity index (χ1) is 14.3. The second kappa shape index (κ2) is 10.5. The molecule has 0 unspecified atom stereocenters. The number of rotatable bonds is 7. The molecule has 1 aromatic heterocycles. The summed E-state index contributed by atoms with van der Waals surface area (Å²) < 4.78 is 0. The van der Waals surface area contributed by atoms with E-state index in [9.17, 15) is 4.79 Å². The van der Waals surface area contributed by atoms with Gasteiger partial charge in [0.05, 0.1) is 0 Å². The molecule has 1 atom stereocenters. The SMILES string of the molecule is CC(C)C[C@@H](N)c1cccnc1N1CCN(C(=O)CCc2ccc(Cl)cc2Cl)CC1. The topological polar surface area (TPSA) is 62.5 Å². The molecule has 0 spiro atoms. The Labute approximate surface area is 189 Å². The van der Waals surface area contributed by atoms with Crippen LogP contribution in [0, 0.1) is 5.92 Å². The van der Waals surface area contributed by atoms with E-state index in [0.717, 1.165) is 36.5 Å². The highest BCUT2D eigenvalue weighted by Crippen LogP contribution is 2.28. The maximum absolute atomic E-state index is 12.7. The Hall–Kier alpha value is -1.82. The van der Waals surface area contributed by atoms with Gasteiger partial charge in [-0.15, -0.1) is 0 Å². The number of aryl methyl sites for hydroxylation is 1. The molecule has 1 fully saturated rings. The van der Waals surface area contributed by atoms with Gasteiger partial charge >= 0.3 is 0 Å². The Morgan fingerprint density at radius 3 is 2.57 bits per heavy atom. The second-order valence-electron chi connectivity index (χ2n) is 8.26. The summed E-state index contributed by atoms with van der Waals surface area (Å²) in [4.78, 5) is 21.5. The predicted octanol–water partition coefficient (Wildman–Crippen LogP) is 4.72. The first-order valence-electron chi connectivity index (χ1n) is 10.5. The number of benzene rings is 1. The van der Waals surface area contributed by atoms with Crippen molar-refractivity contribution < 1.29 is 4.79 Å². The number of anilines is 1. The lowest BCUT2D eigenvalue weighted by Gasteiger charge is -2.37. The van der Waals surface area contributed by atoms with Gasteiger partial charge in [-0.2, -0.15) is 0 Å². The van der Waals surface area contributed by atoms with Crippen LogP contribution >= 0.6 is 23.2 Å². The number of halogens is 2. The van der Waals surface area contributed by atoms with Crippen molar-refractivity contribution >= 4 is 34.9 Å². The van der Waals surface area contributed by atoms with Gasteiger partial charge in [0.15, 0.2) is 0 Å². The number of amides is 1. The Bertz CT molecular complexity index is 866. The van der Waals surface area contributed by atoms with E-state index in [4.69, 9.17) is 28.9 Å². The third-order valence-electron chi connectivity index (χ3n) is 5.50. The van der Waals surface area contributed by atoms with E-state index in [1.54, 1.807) is 12.1 Å². The lowest BCUT2D eigenvalue weighted by molar-refractivity contribution is -0.131. The molecule has 1 aliphatic rings. The summed E-state index contributed by atoms with van der Waals surface area (Å²) in [6.45, 7) is 7.23. The van der Waals surface area contributed by atoms with Crippen molar-refractivity contribution in [3.63, 3.8) is 0 Å². The van der Waals surface area contributed by atoms with E-state index in [1.807, 2.05) is 23.2 Å². The molecule has 1 aromatic carbocycles. The Morgan fingerprint density at radius 1 is 1.17 bits per heavy atom. The molecular weight excluding hydrogens is 419 g/mol. The fraction of sp³-hybridized carbons (Fsp3) is 0.478. The average Bonchev–Trinajstić information content (AvgIpc) is 2.72. The summed E-state index contributed by atoms with van der Waals surface area (Å²) in [5.41, 5.74) is 8.48. The highest BCUT2D eigenvalue weighted by atomic mass is 35.5. The number of aromatic nitrogens is 1.